The molecule has 3 heteroatoms. The normalized spacial score (nSPS) is 22.3. The van der Waals surface area contributed by atoms with Crippen molar-refractivity contribution in [3.05, 3.63) is 28.0 Å². The average Bonchev–Trinajstić information content (AvgIpc) is 2.76. The van der Waals surface area contributed by atoms with Crippen molar-refractivity contribution in [3.8, 4) is 0 Å². The molecule has 1 fully saturated rings. The maximum atomic E-state index is 12.1. The van der Waals surface area contributed by atoms with Crippen LogP contribution >= 0.6 is 15.9 Å². The lowest BCUT2D eigenvalue weighted by Gasteiger charge is -2.20. The molecule has 0 bridgehead atoms. The molecule has 1 aromatic heterocycles. The summed E-state index contributed by atoms with van der Waals surface area (Å²) in [5.74, 6) is 0.389. The fourth-order valence-corrected chi connectivity index (χ4v) is 3.39. The zero-order chi connectivity index (χ0) is 10.5. The molecule has 0 aliphatic heterocycles. The number of Topliss-reactive ketones (excluding diaryl/α,β-unsaturated/α-hetero) is 1. The number of carbonyl (C=O) groups is 1. The first kappa shape index (κ1) is 9.52. The number of fused-ring (bicyclic) bond motifs is 2. The average molecular weight is 266 g/mol. The van der Waals surface area contributed by atoms with Crippen LogP contribution in [0.2, 0.25) is 0 Å². The zero-order valence-corrected chi connectivity index (χ0v) is 10.0. The fourth-order valence-electron chi connectivity index (χ4n) is 3.02. The minimum Gasteiger partial charge on any atom is -0.298 e. The lowest BCUT2D eigenvalue weighted by Crippen LogP contribution is -2.29. The molecule has 0 aromatic carbocycles. The topological polar surface area (TPSA) is 30.0 Å². The highest BCUT2D eigenvalue weighted by Gasteiger charge is 2.48. The van der Waals surface area contributed by atoms with Crippen LogP contribution in [-0.2, 0) is 16.6 Å². The van der Waals surface area contributed by atoms with Gasteiger partial charge in [0.15, 0.2) is 0 Å². The van der Waals surface area contributed by atoms with Crippen molar-refractivity contribution in [1.82, 2.24) is 4.98 Å². The van der Waals surface area contributed by atoms with Crippen molar-refractivity contribution in [1.29, 1.82) is 0 Å². The van der Waals surface area contributed by atoms with E-state index in [9.17, 15) is 4.79 Å². The molecule has 0 atom stereocenters. The van der Waals surface area contributed by atoms with Crippen LogP contribution in [-0.4, -0.2) is 10.8 Å². The van der Waals surface area contributed by atoms with Crippen molar-refractivity contribution in [2.75, 3.05) is 0 Å². The van der Waals surface area contributed by atoms with Gasteiger partial charge in [0, 0.05) is 17.1 Å². The molecular weight excluding hydrogens is 254 g/mol. The highest BCUT2D eigenvalue weighted by atomic mass is 79.9. The van der Waals surface area contributed by atoms with Gasteiger partial charge in [-0.25, -0.2) is 0 Å². The first-order valence-corrected chi connectivity index (χ1v) is 6.20. The van der Waals surface area contributed by atoms with Crippen LogP contribution < -0.4 is 0 Å². The molecular formula is C12H12BrNO. The summed E-state index contributed by atoms with van der Waals surface area (Å²) >= 11 is 3.41. The second-order valence-corrected chi connectivity index (χ2v) is 5.47. The van der Waals surface area contributed by atoms with Gasteiger partial charge < -0.3 is 0 Å². The number of halogens is 1. The second kappa shape index (κ2) is 3.14. The van der Waals surface area contributed by atoms with Gasteiger partial charge in [-0.3, -0.25) is 9.78 Å². The summed E-state index contributed by atoms with van der Waals surface area (Å²) < 4.78 is 0.976. The summed E-state index contributed by atoms with van der Waals surface area (Å²) in [7, 11) is 0. The van der Waals surface area contributed by atoms with E-state index in [1.807, 2.05) is 12.3 Å². The molecule has 2 aliphatic rings. The van der Waals surface area contributed by atoms with Crippen LogP contribution in [0.1, 0.15) is 36.9 Å². The van der Waals surface area contributed by atoms with E-state index < -0.39 is 0 Å². The largest absolute Gasteiger partial charge is 0.298 e. The van der Waals surface area contributed by atoms with E-state index in [0.717, 1.165) is 28.6 Å². The van der Waals surface area contributed by atoms with Gasteiger partial charge in [0.05, 0.1) is 11.1 Å². The first-order valence-electron chi connectivity index (χ1n) is 5.41. The van der Waals surface area contributed by atoms with Gasteiger partial charge in [0.1, 0.15) is 5.78 Å². The van der Waals surface area contributed by atoms with E-state index in [1.165, 1.54) is 12.8 Å². The summed E-state index contributed by atoms with van der Waals surface area (Å²) in [6, 6.07) is 2.05. The molecule has 2 nitrogen and oxygen atoms in total. The van der Waals surface area contributed by atoms with E-state index in [4.69, 9.17) is 0 Å². The van der Waals surface area contributed by atoms with E-state index in [0.29, 0.717) is 12.2 Å². The monoisotopic (exact) mass is 265 g/mol. The van der Waals surface area contributed by atoms with Crippen molar-refractivity contribution < 1.29 is 4.79 Å². The molecule has 0 amide bonds. The molecule has 1 saturated carbocycles. The zero-order valence-electron chi connectivity index (χ0n) is 8.42. The molecule has 1 spiro atoms. The van der Waals surface area contributed by atoms with Crippen molar-refractivity contribution >= 4 is 21.7 Å². The predicted octanol–water partition coefficient (Wildman–Crippen LogP) is 2.78. The van der Waals surface area contributed by atoms with Crippen molar-refractivity contribution in [2.45, 2.75) is 37.5 Å². The van der Waals surface area contributed by atoms with E-state index >= 15 is 0 Å². The maximum Gasteiger partial charge on any atom is 0.149 e. The van der Waals surface area contributed by atoms with Crippen LogP contribution in [0.4, 0.5) is 0 Å². The third-order valence-corrected chi connectivity index (χ3v) is 4.16. The lowest BCUT2D eigenvalue weighted by molar-refractivity contribution is -0.122. The van der Waals surface area contributed by atoms with Crippen LogP contribution in [0, 0.1) is 0 Å². The number of hydrogen-bond acceptors (Lipinski definition) is 2. The molecule has 1 heterocycles. The van der Waals surface area contributed by atoms with Crippen LogP contribution in [0.15, 0.2) is 16.7 Å². The van der Waals surface area contributed by atoms with Crippen molar-refractivity contribution in [3.63, 3.8) is 0 Å². The SMILES string of the molecule is O=C1Cc2cc(Br)cnc2C12CCCC2. The number of ketones is 1. The van der Waals surface area contributed by atoms with Gasteiger partial charge in [0.2, 0.25) is 0 Å². The van der Waals surface area contributed by atoms with Gasteiger partial charge in [-0.05, 0) is 40.4 Å². The van der Waals surface area contributed by atoms with E-state index in [1.54, 1.807) is 0 Å². The summed E-state index contributed by atoms with van der Waals surface area (Å²) in [4.78, 5) is 16.6. The highest BCUT2D eigenvalue weighted by molar-refractivity contribution is 9.10. The summed E-state index contributed by atoms with van der Waals surface area (Å²) in [5.41, 5.74) is 2.00. The summed E-state index contributed by atoms with van der Waals surface area (Å²) in [6.45, 7) is 0. The Morgan fingerprint density at radius 1 is 1.33 bits per heavy atom. The Bertz CT molecular complexity index is 435. The number of rotatable bonds is 0. The lowest BCUT2D eigenvalue weighted by atomic mass is 9.82. The Hall–Kier alpha value is -0.700. The van der Waals surface area contributed by atoms with Gasteiger partial charge in [0.25, 0.3) is 0 Å². The molecule has 0 N–H and O–H groups in total. The fraction of sp³-hybridized carbons (Fsp3) is 0.500. The van der Waals surface area contributed by atoms with Gasteiger partial charge >= 0.3 is 0 Å². The second-order valence-electron chi connectivity index (χ2n) is 4.55. The van der Waals surface area contributed by atoms with E-state index in [-0.39, 0.29) is 5.41 Å². The Kier molecular flexibility index (Phi) is 2.00. The number of aromatic nitrogens is 1. The van der Waals surface area contributed by atoms with Crippen LogP contribution in [0.5, 0.6) is 0 Å². The number of hydrogen-bond donors (Lipinski definition) is 0. The van der Waals surface area contributed by atoms with Gasteiger partial charge in [-0.1, -0.05) is 12.8 Å². The molecule has 0 radical (unpaired) electrons. The van der Waals surface area contributed by atoms with E-state index in [2.05, 4.69) is 20.9 Å². The summed E-state index contributed by atoms with van der Waals surface area (Å²) in [5, 5.41) is 0. The predicted molar refractivity (Wildman–Crippen MR) is 60.8 cm³/mol. The molecule has 0 saturated heterocycles. The Labute approximate surface area is 97.2 Å². The highest BCUT2D eigenvalue weighted by Crippen LogP contribution is 2.47. The summed E-state index contributed by atoms with van der Waals surface area (Å²) in [6.07, 6.45) is 6.76. The minimum absolute atomic E-state index is 0.198. The standard InChI is InChI=1S/C12H12BrNO/c13-9-5-8-6-10(15)12(3-1-2-4-12)11(8)14-7-9/h5,7H,1-4,6H2. The Balaban J connectivity index is 2.17. The van der Waals surface area contributed by atoms with Gasteiger partial charge in [-0.2, -0.15) is 0 Å². The molecule has 0 unspecified atom stereocenters. The van der Waals surface area contributed by atoms with Gasteiger partial charge in [-0.15, -0.1) is 0 Å². The third-order valence-electron chi connectivity index (χ3n) is 3.73. The smallest absolute Gasteiger partial charge is 0.149 e. The maximum absolute atomic E-state index is 12.1. The quantitative estimate of drug-likeness (QED) is 0.722. The first-order chi connectivity index (χ1) is 7.22. The third kappa shape index (κ3) is 1.22. The van der Waals surface area contributed by atoms with Crippen LogP contribution in [0.3, 0.4) is 0 Å². The minimum atomic E-state index is -0.198. The molecule has 3 rings (SSSR count). The number of nitrogens with zero attached hydrogens (tertiary/aromatic N) is 1. The number of pyridine rings is 1. The molecule has 15 heavy (non-hydrogen) atoms. The molecule has 1 aromatic rings. The van der Waals surface area contributed by atoms with Crippen LogP contribution in [0.25, 0.3) is 0 Å². The Morgan fingerprint density at radius 2 is 2.07 bits per heavy atom. The molecule has 2 aliphatic carbocycles. The Morgan fingerprint density at radius 3 is 2.80 bits per heavy atom. The number of carbonyl (C=O) groups excluding carboxylic acids is 1. The molecule has 78 valence electrons. The van der Waals surface area contributed by atoms with Crippen molar-refractivity contribution in [2.24, 2.45) is 0 Å².